The predicted molar refractivity (Wildman–Crippen MR) is 97.9 cm³/mol. The molecule has 0 aliphatic carbocycles. The molecule has 0 unspecified atom stereocenters. The Bertz CT molecular complexity index is 714. The van der Waals surface area contributed by atoms with Crippen molar-refractivity contribution < 1.29 is 23.9 Å². The highest BCUT2D eigenvalue weighted by Crippen LogP contribution is 2.26. The van der Waals surface area contributed by atoms with Gasteiger partial charge >= 0.3 is 5.97 Å². The number of ether oxygens (including phenoxy) is 1. The molecule has 1 aliphatic rings. The van der Waals surface area contributed by atoms with Gasteiger partial charge in [0.2, 0.25) is 0 Å². The average molecular weight is 376 g/mol. The summed E-state index contributed by atoms with van der Waals surface area (Å²) in [5.74, 6) is -2.18. The fourth-order valence-corrected chi connectivity index (χ4v) is 3.12. The molecule has 1 aromatic carbocycles. The van der Waals surface area contributed by atoms with Crippen LogP contribution in [-0.4, -0.2) is 59.3 Å². The monoisotopic (exact) mass is 376 g/mol. The Morgan fingerprint density at radius 1 is 1.27 bits per heavy atom. The first-order chi connectivity index (χ1) is 12.4. The van der Waals surface area contributed by atoms with Crippen molar-refractivity contribution >= 4 is 35.5 Å². The zero-order valence-electron chi connectivity index (χ0n) is 14.6. The van der Waals surface area contributed by atoms with Crippen molar-refractivity contribution in [3.63, 3.8) is 0 Å². The minimum Gasteiger partial charge on any atom is -0.451 e. The molecule has 0 fully saturated rings. The van der Waals surface area contributed by atoms with Crippen LogP contribution in [0, 0.1) is 0 Å². The number of thioether (sulfide) groups is 1. The summed E-state index contributed by atoms with van der Waals surface area (Å²) in [6.45, 7) is 5.16. The molecule has 0 aromatic heterocycles. The summed E-state index contributed by atoms with van der Waals surface area (Å²) in [6, 6.07) is 5.29. The zero-order valence-corrected chi connectivity index (χ0v) is 15.4. The van der Waals surface area contributed by atoms with Crippen molar-refractivity contribution in [1.82, 2.24) is 10.2 Å². The lowest BCUT2D eigenvalue weighted by molar-refractivity contribution is -0.157. The van der Waals surface area contributed by atoms with E-state index in [0.29, 0.717) is 0 Å². The summed E-state index contributed by atoms with van der Waals surface area (Å²) in [7, 11) is 0. The smallest absolute Gasteiger partial charge is 0.331 e. The number of esters is 1. The molecule has 7 nitrogen and oxygen atoms in total. The summed E-state index contributed by atoms with van der Waals surface area (Å²) < 4.78 is 5.19. The number of amides is 3. The average Bonchev–Trinajstić information content (AvgIpc) is 2.88. The summed E-state index contributed by atoms with van der Waals surface area (Å²) in [4.78, 5) is 50.5. The van der Waals surface area contributed by atoms with Crippen LogP contribution < -0.4 is 5.32 Å². The van der Waals surface area contributed by atoms with Crippen molar-refractivity contribution in [2.24, 2.45) is 0 Å². The number of carbonyl (C=O) groups is 4. The highest BCUT2D eigenvalue weighted by Gasteiger charge is 2.43. The molecule has 1 aliphatic heterocycles. The molecule has 3 amide bonds. The van der Waals surface area contributed by atoms with Crippen molar-refractivity contribution in [2.75, 3.05) is 18.6 Å². The van der Waals surface area contributed by atoms with Crippen LogP contribution in [0.5, 0.6) is 0 Å². The van der Waals surface area contributed by atoms with Gasteiger partial charge in [0.25, 0.3) is 17.7 Å². The van der Waals surface area contributed by atoms with Gasteiger partial charge in [0.1, 0.15) is 6.04 Å². The van der Waals surface area contributed by atoms with Gasteiger partial charge in [-0.05, 0) is 25.3 Å². The lowest BCUT2D eigenvalue weighted by atomic mass is 10.1. The number of carbonyl (C=O) groups excluding carboxylic acids is 4. The highest BCUT2D eigenvalue weighted by atomic mass is 32.2. The fraction of sp³-hybridized carbons (Fsp3) is 0.333. The van der Waals surface area contributed by atoms with Crippen molar-refractivity contribution in [2.45, 2.75) is 19.1 Å². The Balaban J connectivity index is 2.17. The van der Waals surface area contributed by atoms with E-state index in [1.54, 1.807) is 30.5 Å². The molecule has 0 radical (unpaired) electrons. The van der Waals surface area contributed by atoms with Crippen molar-refractivity contribution in [3.05, 3.63) is 48.0 Å². The van der Waals surface area contributed by atoms with E-state index in [1.165, 1.54) is 24.8 Å². The minimum absolute atomic E-state index is 0.172. The Morgan fingerprint density at radius 2 is 1.85 bits per heavy atom. The first-order valence-electron chi connectivity index (χ1n) is 7.97. The number of imide groups is 1. The summed E-state index contributed by atoms with van der Waals surface area (Å²) in [6.07, 6.45) is 2.20. The van der Waals surface area contributed by atoms with Crippen LogP contribution in [0.25, 0.3) is 0 Å². The molecule has 1 N–H and O–H groups in total. The molecule has 0 bridgehead atoms. The van der Waals surface area contributed by atoms with Gasteiger partial charge in [0.15, 0.2) is 6.10 Å². The van der Waals surface area contributed by atoms with Gasteiger partial charge in [-0.25, -0.2) is 4.79 Å². The van der Waals surface area contributed by atoms with E-state index in [-0.39, 0.29) is 23.4 Å². The van der Waals surface area contributed by atoms with E-state index in [2.05, 4.69) is 11.9 Å². The van der Waals surface area contributed by atoms with Crippen LogP contribution in [0.2, 0.25) is 0 Å². The highest BCUT2D eigenvalue weighted by molar-refractivity contribution is 7.98. The van der Waals surface area contributed by atoms with Crippen LogP contribution in [0.1, 0.15) is 27.6 Å². The van der Waals surface area contributed by atoms with E-state index in [9.17, 15) is 19.2 Å². The van der Waals surface area contributed by atoms with Crippen LogP contribution in [0.3, 0.4) is 0 Å². The van der Waals surface area contributed by atoms with E-state index in [1.807, 2.05) is 0 Å². The number of hydrogen-bond donors (Lipinski definition) is 1. The molecule has 1 heterocycles. The number of benzene rings is 1. The third-order valence-electron chi connectivity index (χ3n) is 3.82. The van der Waals surface area contributed by atoms with E-state index < -0.39 is 35.8 Å². The maximum absolute atomic E-state index is 12.6. The van der Waals surface area contributed by atoms with E-state index >= 15 is 0 Å². The Labute approximate surface area is 155 Å². The third kappa shape index (κ3) is 3.96. The maximum atomic E-state index is 12.6. The van der Waals surface area contributed by atoms with Gasteiger partial charge in [-0.1, -0.05) is 18.2 Å². The summed E-state index contributed by atoms with van der Waals surface area (Å²) in [5, 5.41) is 2.52. The lowest BCUT2D eigenvalue weighted by Gasteiger charge is -2.25. The Morgan fingerprint density at radius 3 is 2.35 bits per heavy atom. The minimum atomic E-state index is -1.10. The van der Waals surface area contributed by atoms with Crippen LogP contribution >= 0.6 is 11.8 Å². The standard InChI is InChI=1S/C18H20N2O5S/c1-4-9-19-15(21)11(2)25-18(24)14(10-26-3)20-16(22)12-7-5-6-8-13(12)17(20)23/h4-8,11,14H,1,9-10H2,2-3H3,(H,19,21)/t11-,14-/m1/s1. The maximum Gasteiger partial charge on any atom is 0.331 e. The second kappa shape index (κ2) is 8.66. The number of rotatable bonds is 8. The zero-order chi connectivity index (χ0) is 19.3. The third-order valence-corrected chi connectivity index (χ3v) is 4.47. The van der Waals surface area contributed by atoms with Crippen molar-refractivity contribution in [1.29, 1.82) is 0 Å². The molecule has 1 aromatic rings. The molecule has 0 spiro atoms. The quantitative estimate of drug-likeness (QED) is 0.417. The normalized spacial score (nSPS) is 15.2. The van der Waals surface area contributed by atoms with E-state index in [0.717, 1.165) is 4.90 Å². The van der Waals surface area contributed by atoms with Gasteiger partial charge in [-0.15, -0.1) is 6.58 Å². The van der Waals surface area contributed by atoms with Crippen LogP contribution in [0.15, 0.2) is 36.9 Å². The van der Waals surface area contributed by atoms with Gasteiger partial charge < -0.3 is 10.1 Å². The summed E-state index contributed by atoms with van der Waals surface area (Å²) in [5.41, 5.74) is 0.515. The number of nitrogens with zero attached hydrogens (tertiary/aromatic N) is 1. The molecule has 138 valence electrons. The van der Waals surface area contributed by atoms with Crippen LogP contribution in [-0.2, 0) is 14.3 Å². The van der Waals surface area contributed by atoms with Gasteiger partial charge in [0.05, 0.1) is 11.1 Å². The van der Waals surface area contributed by atoms with Gasteiger partial charge in [0, 0.05) is 12.3 Å². The molecule has 2 rings (SSSR count). The largest absolute Gasteiger partial charge is 0.451 e. The first-order valence-corrected chi connectivity index (χ1v) is 9.36. The molecule has 0 saturated carbocycles. The number of nitrogens with one attached hydrogen (secondary N) is 1. The SMILES string of the molecule is C=CCNC(=O)[C@@H](C)OC(=O)[C@@H](CSC)N1C(=O)c2ccccc2C1=O. The van der Waals surface area contributed by atoms with Crippen molar-refractivity contribution in [3.8, 4) is 0 Å². The Hall–Kier alpha value is -2.61. The molecule has 2 atom stereocenters. The molecule has 0 saturated heterocycles. The topological polar surface area (TPSA) is 92.8 Å². The molecule has 8 heteroatoms. The Kier molecular flexibility index (Phi) is 6.57. The summed E-state index contributed by atoms with van der Waals surface area (Å²) >= 11 is 1.30. The molecular weight excluding hydrogens is 356 g/mol. The van der Waals surface area contributed by atoms with E-state index in [4.69, 9.17) is 4.74 Å². The fourth-order valence-electron chi connectivity index (χ4n) is 2.52. The second-order valence-electron chi connectivity index (χ2n) is 5.61. The van der Waals surface area contributed by atoms with Gasteiger partial charge in [-0.2, -0.15) is 11.8 Å². The number of fused-ring (bicyclic) bond motifs is 1. The van der Waals surface area contributed by atoms with Crippen LogP contribution in [0.4, 0.5) is 0 Å². The molecular formula is C18H20N2O5S. The first kappa shape index (κ1) is 19.7. The lowest BCUT2D eigenvalue weighted by Crippen LogP contribution is -2.49. The number of hydrogen-bond acceptors (Lipinski definition) is 6. The molecule has 26 heavy (non-hydrogen) atoms. The second-order valence-corrected chi connectivity index (χ2v) is 6.52. The van der Waals surface area contributed by atoms with Gasteiger partial charge in [-0.3, -0.25) is 19.3 Å². The predicted octanol–water partition coefficient (Wildman–Crippen LogP) is 1.25.